The highest BCUT2D eigenvalue weighted by atomic mass is 16.5. The second-order valence-electron chi connectivity index (χ2n) is 5.31. The van der Waals surface area contributed by atoms with Gasteiger partial charge in [0.1, 0.15) is 11.5 Å². The highest BCUT2D eigenvalue weighted by molar-refractivity contribution is 5.92. The fraction of sp³-hybridized carbons (Fsp3) is 0.0476. The van der Waals surface area contributed by atoms with E-state index in [1.54, 1.807) is 43.5 Å². The number of rotatable bonds is 5. The van der Waals surface area contributed by atoms with Gasteiger partial charge in [-0.3, -0.25) is 0 Å². The van der Waals surface area contributed by atoms with E-state index in [0.29, 0.717) is 22.6 Å². The number of methoxy groups -OCH3 is 1. The number of allylic oxidation sites excluding steroid dienone is 1. The number of esters is 1. The van der Waals surface area contributed by atoms with Crippen molar-refractivity contribution < 1.29 is 18.7 Å². The molecule has 3 rings (SSSR count). The number of carbonyl (C=O) groups excluding carboxylic acids is 1. The molecule has 0 unspecified atom stereocenters. The first-order chi connectivity index (χ1) is 12.7. The van der Waals surface area contributed by atoms with Crippen LogP contribution in [0.3, 0.4) is 0 Å². The van der Waals surface area contributed by atoms with Gasteiger partial charge < -0.3 is 13.9 Å². The Morgan fingerprint density at radius 3 is 2.69 bits per heavy atom. The van der Waals surface area contributed by atoms with Crippen LogP contribution in [0.2, 0.25) is 0 Å². The molecule has 0 aliphatic heterocycles. The molecular formula is C21H15NO4. The minimum atomic E-state index is -0.582. The maximum atomic E-state index is 12.0. The number of furan rings is 1. The third-order valence-electron chi connectivity index (χ3n) is 3.62. The van der Waals surface area contributed by atoms with E-state index < -0.39 is 5.97 Å². The average molecular weight is 345 g/mol. The van der Waals surface area contributed by atoms with Crippen LogP contribution in [0, 0.1) is 11.3 Å². The van der Waals surface area contributed by atoms with Crippen LogP contribution in [0.4, 0.5) is 0 Å². The van der Waals surface area contributed by atoms with Crippen LogP contribution in [-0.2, 0) is 0 Å². The van der Waals surface area contributed by atoms with Crippen LogP contribution in [0.5, 0.6) is 11.5 Å². The molecule has 26 heavy (non-hydrogen) atoms. The Morgan fingerprint density at radius 2 is 1.96 bits per heavy atom. The average Bonchev–Trinajstić information content (AvgIpc) is 3.21. The summed E-state index contributed by atoms with van der Waals surface area (Å²) < 4.78 is 15.6. The summed E-state index contributed by atoms with van der Waals surface area (Å²) >= 11 is 0. The van der Waals surface area contributed by atoms with E-state index in [1.807, 2.05) is 24.3 Å². The number of nitrogens with zero attached hydrogens (tertiary/aromatic N) is 1. The molecule has 0 spiro atoms. The molecule has 5 nitrogen and oxygen atoms in total. The Bertz CT molecular complexity index is 981. The van der Waals surface area contributed by atoms with Gasteiger partial charge in [0.2, 0.25) is 5.76 Å². The van der Waals surface area contributed by atoms with E-state index in [1.165, 1.54) is 12.3 Å². The molecule has 0 fully saturated rings. The van der Waals surface area contributed by atoms with Gasteiger partial charge in [-0.15, -0.1) is 0 Å². The van der Waals surface area contributed by atoms with Gasteiger partial charge in [-0.2, -0.15) is 5.26 Å². The monoisotopic (exact) mass is 345 g/mol. The molecule has 0 radical (unpaired) electrons. The van der Waals surface area contributed by atoms with E-state index in [4.69, 9.17) is 13.9 Å². The summed E-state index contributed by atoms with van der Waals surface area (Å²) in [4.78, 5) is 12.0. The Morgan fingerprint density at radius 1 is 1.12 bits per heavy atom. The van der Waals surface area contributed by atoms with Crippen LogP contribution in [-0.4, -0.2) is 13.1 Å². The van der Waals surface area contributed by atoms with E-state index in [2.05, 4.69) is 6.07 Å². The van der Waals surface area contributed by atoms with E-state index in [9.17, 15) is 10.1 Å². The first-order valence-electron chi connectivity index (χ1n) is 7.82. The number of benzene rings is 2. The van der Waals surface area contributed by atoms with Crippen molar-refractivity contribution in [1.82, 2.24) is 0 Å². The first kappa shape index (κ1) is 17.1. The van der Waals surface area contributed by atoms with Crippen molar-refractivity contribution in [3.63, 3.8) is 0 Å². The van der Waals surface area contributed by atoms with Gasteiger partial charge in [-0.1, -0.05) is 24.3 Å². The summed E-state index contributed by atoms with van der Waals surface area (Å²) in [5, 5.41) is 9.53. The van der Waals surface area contributed by atoms with Crippen LogP contribution in [0.25, 0.3) is 11.6 Å². The molecule has 5 heteroatoms. The quantitative estimate of drug-likeness (QED) is 0.293. The highest BCUT2D eigenvalue weighted by Gasteiger charge is 2.12. The lowest BCUT2D eigenvalue weighted by atomic mass is 10.0. The van der Waals surface area contributed by atoms with Crippen molar-refractivity contribution in [2.24, 2.45) is 0 Å². The number of hydrogen-bond acceptors (Lipinski definition) is 5. The van der Waals surface area contributed by atoms with Gasteiger partial charge in [0.05, 0.1) is 25.0 Å². The van der Waals surface area contributed by atoms with Gasteiger partial charge in [-0.25, -0.2) is 4.79 Å². The number of hydrogen-bond donors (Lipinski definition) is 0. The topological polar surface area (TPSA) is 72.5 Å². The van der Waals surface area contributed by atoms with Crippen LogP contribution in [0.15, 0.2) is 71.3 Å². The van der Waals surface area contributed by atoms with Gasteiger partial charge in [0, 0.05) is 5.56 Å². The molecule has 1 aromatic heterocycles. The molecule has 0 atom stereocenters. The second kappa shape index (κ2) is 7.86. The van der Waals surface area contributed by atoms with E-state index in [-0.39, 0.29) is 5.76 Å². The summed E-state index contributed by atoms with van der Waals surface area (Å²) in [6, 6.07) is 19.5. The van der Waals surface area contributed by atoms with Crippen LogP contribution >= 0.6 is 0 Å². The lowest BCUT2D eigenvalue weighted by Gasteiger charge is -2.07. The number of carbonyl (C=O) groups is 1. The zero-order chi connectivity index (χ0) is 18.4. The van der Waals surface area contributed by atoms with Crippen molar-refractivity contribution in [3.05, 3.63) is 83.8 Å². The maximum Gasteiger partial charge on any atom is 0.379 e. The molecule has 2 aromatic carbocycles. The Labute approximate surface area is 150 Å². The standard InChI is InChI=1S/C21H15NO4/c1-24-19-9-3-2-8-18(19)16(14-22)12-15-6-4-7-17(13-15)26-21(23)20-10-5-11-25-20/h2-13H,1H3/b16-12-. The molecule has 0 N–H and O–H groups in total. The number of ether oxygens (including phenoxy) is 2. The summed E-state index contributed by atoms with van der Waals surface area (Å²) in [7, 11) is 1.56. The number of para-hydroxylation sites is 1. The molecule has 3 aromatic rings. The lowest BCUT2D eigenvalue weighted by Crippen LogP contribution is -2.07. The van der Waals surface area contributed by atoms with Gasteiger partial charge in [0.15, 0.2) is 0 Å². The van der Waals surface area contributed by atoms with Crippen LogP contribution in [0.1, 0.15) is 21.7 Å². The summed E-state index contributed by atoms with van der Waals surface area (Å²) in [5.74, 6) is 0.511. The molecule has 1 heterocycles. The molecule has 0 aliphatic carbocycles. The van der Waals surface area contributed by atoms with Gasteiger partial charge in [-0.05, 0) is 48.0 Å². The fourth-order valence-electron chi connectivity index (χ4n) is 2.42. The molecule has 128 valence electrons. The fourth-order valence-corrected chi connectivity index (χ4v) is 2.42. The predicted molar refractivity (Wildman–Crippen MR) is 96.6 cm³/mol. The lowest BCUT2D eigenvalue weighted by molar-refractivity contribution is 0.0701. The SMILES string of the molecule is COc1ccccc1/C(C#N)=C\c1cccc(OC(=O)c2ccco2)c1. The third kappa shape index (κ3) is 3.82. The minimum absolute atomic E-state index is 0.123. The zero-order valence-electron chi connectivity index (χ0n) is 14.0. The largest absolute Gasteiger partial charge is 0.496 e. The van der Waals surface area contributed by atoms with E-state index >= 15 is 0 Å². The molecule has 0 amide bonds. The van der Waals surface area contributed by atoms with Crippen LogP contribution < -0.4 is 9.47 Å². The molecule has 0 saturated carbocycles. The summed E-state index contributed by atoms with van der Waals surface area (Å²) in [6.45, 7) is 0. The Balaban J connectivity index is 1.88. The predicted octanol–water partition coefficient (Wildman–Crippen LogP) is 4.57. The van der Waals surface area contributed by atoms with Crippen molar-refractivity contribution in [3.8, 4) is 17.6 Å². The van der Waals surface area contributed by atoms with Crippen molar-refractivity contribution in [1.29, 1.82) is 5.26 Å². The second-order valence-corrected chi connectivity index (χ2v) is 5.31. The Hall–Kier alpha value is -3.78. The normalized spacial score (nSPS) is 10.8. The summed E-state index contributed by atoms with van der Waals surface area (Å²) in [6.07, 6.45) is 3.12. The third-order valence-corrected chi connectivity index (χ3v) is 3.62. The molecule has 0 aliphatic rings. The molecule has 0 saturated heterocycles. The maximum absolute atomic E-state index is 12.0. The first-order valence-corrected chi connectivity index (χ1v) is 7.82. The Kier molecular flexibility index (Phi) is 5.16. The van der Waals surface area contributed by atoms with Crippen molar-refractivity contribution in [2.75, 3.05) is 7.11 Å². The molecular weight excluding hydrogens is 330 g/mol. The highest BCUT2D eigenvalue weighted by Crippen LogP contribution is 2.27. The minimum Gasteiger partial charge on any atom is -0.496 e. The van der Waals surface area contributed by atoms with Gasteiger partial charge >= 0.3 is 5.97 Å². The number of nitriles is 1. The molecule has 0 bridgehead atoms. The zero-order valence-corrected chi connectivity index (χ0v) is 14.0. The summed E-state index contributed by atoms with van der Waals surface area (Å²) in [5.41, 5.74) is 1.85. The smallest absolute Gasteiger partial charge is 0.379 e. The van der Waals surface area contributed by atoms with Crippen molar-refractivity contribution in [2.45, 2.75) is 0 Å². The van der Waals surface area contributed by atoms with Crippen molar-refractivity contribution >= 4 is 17.6 Å². The van der Waals surface area contributed by atoms with E-state index in [0.717, 1.165) is 5.56 Å². The van der Waals surface area contributed by atoms with Gasteiger partial charge in [0.25, 0.3) is 0 Å².